The Kier molecular flexibility index (Phi) is 7.79. The Labute approximate surface area is 195 Å². The first-order chi connectivity index (χ1) is 15.0. The lowest BCUT2D eigenvalue weighted by Gasteiger charge is -2.49. The van der Waals surface area contributed by atoms with E-state index in [1.54, 1.807) is 0 Å². The van der Waals surface area contributed by atoms with Crippen LogP contribution in [0.25, 0.3) is 0 Å². The molecule has 0 unspecified atom stereocenters. The van der Waals surface area contributed by atoms with Crippen molar-refractivity contribution in [3.63, 3.8) is 0 Å². The summed E-state index contributed by atoms with van der Waals surface area (Å²) < 4.78 is 0. The highest BCUT2D eigenvalue weighted by Crippen LogP contribution is 2.59. The zero-order valence-corrected chi connectivity index (χ0v) is 20.9. The highest BCUT2D eigenvalue weighted by atomic mass is 16.3. The first kappa shape index (κ1) is 25.6. The normalized spacial score (nSPS) is 41.7. The van der Waals surface area contributed by atoms with Crippen LogP contribution in [0.5, 0.6) is 0 Å². The summed E-state index contributed by atoms with van der Waals surface area (Å²) >= 11 is 0. The first-order valence-corrected chi connectivity index (χ1v) is 12.8. The second kappa shape index (κ2) is 9.72. The van der Waals surface area contributed by atoms with Crippen molar-refractivity contribution in [2.75, 3.05) is 6.61 Å². The third-order valence-electron chi connectivity index (χ3n) is 9.90. The summed E-state index contributed by atoms with van der Waals surface area (Å²) in [5, 5.41) is 31.1. The lowest BCUT2D eigenvalue weighted by Crippen LogP contribution is -2.52. The first-order valence-electron chi connectivity index (χ1n) is 12.8. The minimum atomic E-state index is -0.686. The van der Waals surface area contributed by atoms with Crippen molar-refractivity contribution in [1.29, 1.82) is 0 Å². The van der Waals surface area contributed by atoms with Gasteiger partial charge >= 0.3 is 0 Å². The highest BCUT2D eigenvalue weighted by Gasteiger charge is 2.56. The van der Waals surface area contributed by atoms with E-state index in [0.717, 1.165) is 31.3 Å². The molecule has 4 heteroatoms. The van der Waals surface area contributed by atoms with Crippen LogP contribution in [0.2, 0.25) is 0 Å². The maximum Gasteiger partial charge on any atom is 0.165 e. The van der Waals surface area contributed by atoms with Crippen LogP contribution in [-0.2, 0) is 4.79 Å². The maximum absolute atomic E-state index is 13.8. The van der Waals surface area contributed by atoms with Crippen molar-refractivity contribution >= 4 is 5.78 Å². The largest absolute Gasteiger partial charge is 0.396 e. The average Bonchev–Trinajstić information content (AvgIpc) is 3.07. The van der Waals surface area contributed by atoms with E-state index >= 15 is 0 Å². The van der Waals surface area contributed by atoms with E-state index in [-0.39, 0.29) is 29.6 Å². The number of aliphatic hydroxyl groups is 3. The molecule has 0 amide bonds. The number of fused-ring (bicyclic) bond motifs is 1. The van der Waals surface area contributed by atoms with Gasteiger partial charge in [0.15, 0.2) is 5.78 Å². The monoisotopic (exact) mass is 446 g/mol. The molecule has 4 nitrogen and oxygen atoms in total. The van der Waals surface area contributed by atoms with Gasteiger partial charge in [-0.1, -0.05) is 39.8 Å². The molecule has 0 aromatic carbocycles. The Morgan fingerprint density at radius 2 is 1.88 bits per heavy atom. The van der Waals surface area contributed by atoms with Crippen molar-refractivity contribution < 1.29 is 20.1 Å². The third-order valence-corrected chi connectivity index (χ3v) is 9.90. The number of rotatable bonds is 8. The molecule has 0 saturated heterocycles. The number of allylic oxidation sites excluding steroid dienone is 2. The number of aliphatic hydroxyl groups excluding tert-OH is 3. The predicted octanol–water partition coefficient (Wildman–Crippen LogP) is 5.07. The Balaban J connectivity index is 1.86. The molecule has 0 heterocycles. The van der Waals surface area contributed by atoms with Crippen LogP contribution in [-0.4, -0.2) is 39.9 Å². The zero-order chi connectivity index (χ0) is 23.8. The van der Waals surface area contributed by atoms with Crippen molar-refractivity contribution in [3.05, 3.63) is 23.8 Å². The van der Waals surface area contributed by atoms with Gasteiger partial charge < -0.3 is 15.3 Å². The second-order valence-electron chi connectivity index (χ2n) is 11.9. The van der Waals surface area contributed by atoms with E-state index in [1.807, 2.05) is 13.0 Å². The van der Waals surface area contributed by atoms with Gasteiger partial charge in [-0.25, -0.2) is 0 Å². The fourth-order valence-electron chi connectivity index (χ4n) is 7.37. The molecule has 0 aliphatic heterocycles. The molecule has 0 spiro atoms. The van der Waals surface area contributed by atoms with E-state index in [9.17, 15) is 20.1 Å². The maximum atomic E-state index is 13.8. The highest BCUT2D eigenvalue weighted by molar-refractivity contribution is 6.01. The third kappa shape index (κ3) is 4.52. The summed E-state index contributed by atoms with van der Waals surface area (Å²) in [7, 11) is 0. The molecule has 0 aromatic rings. The van der Waals surface area contributed by atoms with Gasteiger partial charge in [-0.15, -0.1) is 0 Å². The van der Waals surface area contributed by atoms with Gasteiger partial charge in [0.1, 0.15) is 0 Å². The molecule has 182 valence electrons. The Morgan fingerprint density at radius 1 is 1.19 bits per heavy atom. The minimum absolute atomic E-state index is 0.0763. The molecule has 32 heavy (non-hydrogen) atoms. The summed E-state index contributed by atoms with van der Waals surface area (Å²) in [5.41, 5.74) is 1.28. The fraction of sp³-hybridized carbons (Fsp3) is 0.821. The van der Waals surface area contributed by atoms with Gasteiger partial charge in [0.05, 0.1) is 12.2 Å². The van der Waals surface area contributed by atoms with E-state index in [2.05, 4.69) is 34.3 Å². The molecular weight excluding hydrogens is 400 g/mol. The van der Waals surface area contributed by atoms with Crippen molar-refractivity contribution in [1.82, 2.24) is 0 Å². The summed E-state index contributed by atoms with van der Waals surface area (Å²) in [6.45, 7) is 15.2. The van der Waals surface area contributed by atoms with Gasteiger partial charge in [0.2, 0.25) is 0 Å². The van der Waals surface area contributed by atoms with E-state index in [1.165, 1.54) is 5.57 Å². The van der Waals surface area contributed by atoms with E-state index in [4.69, 9.17) is 0 Å². The Hall–Kier alpha value is -0.970. The Morgan fingerprint density at radius 3 is 2.50 bits per heavy atom. The van der Waals surface area contributed by atoms with Crippen molar-refractivity contribution in [2.45, 2.75) is 98.2 Å². The number of carbonyl (C=O) groups is 1. The van der Waals surface area contributed by atoms with Gasteiger partial charge in [-0.3, -0.25) is 4.79 Å². The van der Waals surface area contributed by atoms with E-state index < -0.39 is 17.6 Å². The van der Waals surface area contributed by atoms with Crippen molar-refractivity contribution in [2.24, 2.45) is 40.4 Å². The van der Waals surface area contributed by atoms with Gasteiger partial charge in [-0.05, 0) is 99.0 Å². The molecule has 0 aromatic heterocycles. The topological polar surface area (TPSA) is 77.8 Å². The number of carbonyl (C=O) groups excluding carboxylic acids is 1. The molecule has 3 aliphatic carbocycles. The molecule has 0 bridgehead atoms. The lowest BCUT2D eigenvalue weighted by atomic mass is 9.55. The van der Waals surface area contributed by atoms with Crippen LogP contribution >= 0.6 is 0 Å². The number of ketones is 1. The molecule has 3 N–H and O–H groups in total. The van der Waals surface area contributed by atoms with Crippen LogP contribution in [0, 0.1) is 40.4 Å². The number of Topliss-reactive ketones (excluding diaryl/α,β-unsaturated/α-hetero) is 1. The Bertz CT molecular complexity index is 742. The van der Waals surface area contributed by atoms with Gasteiger partial charge in [0, 0.05) is 17.9 Å². The van der Waals surface area contributed by atoms with Crippen LogP contribution < -0.4 is 0 Å². The summed E-state index contributed by atoms with van der Waals surface area (Å²) in [6.07, 6.45) is 7.38. The van der Waals surface area contributed by atoms with Gasteiger partial charge in [-0.2, -0.15) is 0 Å². The lowest BCUT2D eigenvalue weighted by molar-refractivity contribution is -0.138. The quantitative estimate of drug-likeness (QED) is 0.455. The molecule has 2 fully saturated rings. The smallest absolute Gasteiger partial charge is 0.165 e. The average molecular weight is 447 g/mol. The van der Waals surface area contributed by atoms with Gasteiger partial charge in [0.25, 0.3) is 0 Å². The molecule has 3 rings (SSSR count). The van der Waals surface area contributed by atoms with Crippen LogP contribution in [0.4, 0.5) is 0 Å². The zero-order valence-electron chi connectivity index (χ0n) is 20.9. The molecule has 2 saturated carbocycles. The SMILES string of the molecule is C=C(C)[C@@H](C)CC[C@@H](C)[C@H]1CC[C@@H](C2=C[C@H](O)[C@H]3C[C@@H](O)CC[C@]3(C)C2=O)[C@]1(C)CCO. The summed E-state index contributed by atoms with van der Waals surface area (Å²) in [6, 6.07) is 0. The molecule has 3 aliphatic rings. The van der Waals surface area contributed by atoms with Crippen LogP contribution in [0.3, 0.4) is 0 Å². The van der Waals surface area contributed by atoms with Crippen LogP contribution in [0.15, 0.2) is 23.8 Å². The predicted molar refractivity (Wildman–Crippen MR) is 129 cm³/mol. The number of hydrogen-bond acceptors (Lipinski definition) is 4. The van der Waals surface area contributed by atoms with Crippen LogP contribution in [0.1, 0.15) is 86.0 Å². The molecule has 9 atom stereocenters. The molecular formula is C28H46O4. The summed E-state index contributed by atoms with van der Waals surface area (Å²) in [5.74, 6) is 1.52. The molecule has 0 radical (unpaired) electrons. The fourth-order valence-corrected chi connectivity index (χ4v) is 7.37. The second-order valence-corrected chi connectivity index (χ2v) is 11.9. The van der Waals surface area contributed by atoms with E-state index in [0.29, 0.717) is 43.4 Å². The number of hydrogen-bond donors (Lipinski definition) is 3. The standard InChI is InChI=1S/C28H46O4/c1-17(2)18(3)7-8-19(4)22-9-10-23(27(22,5)13-14-29)21-16-25(31)24-15-20(30)11-12-28(24,6)26(21)32/h16,18-20,22-25,29-31H,1,7-15H2,2-6H3/t18-,19+,20-,22+,23-,24+,25-,27+,28-/m0/s1. The van der Waals surface area contributed by atoms with Crippen molar-refractivity contribution in [3.8, 4) is 0 Å². The summed E-state index contributed by atoms with van der Waals surface area (Å²) in [4.78, 5) is 13.8. The minimum Gasteiger partial charge on any atom is -0.396 e.